The van der Waals surface area contributed by atoms with E-state index in [9.17, 15) is 0 Å². The number of hydrogen-bond acceptors (Lipinski definition) is 5. The van der Waals surface area contributed by atoms with E-state index in [1.807, 2.05) is 31.3 Å². The summed E-state index contributed by atoms with van der Waals surface area (Å²) in [6.45, 7) is 5.69. The monoisotopic (exact) mass is 365 g/mol. The van der Waals surface area contributed by atoms with E-state index in [-0.39, 0.29) is 5.60 Å². The molecule has 4 rings (SSSR count). The quantitative estimate of drug-likeness (QED) is 0.831. The molecule has 27 heavy (non-hydrogen) atoms. The zero-order valence-corrected chi connectivity index (χ0v) is 16.1. The first-order chi connectivity index (χ1) is 13.2. The molecule has 0 radical (unpaired) electrons. The Kier molecular flexibility index (Phi) is 5.23. The van der Waals surface area contributed by atoms with Crippen LogP contribution in [0.4, 0.5) is 0 Å². The fourth-order valence-electron chi connectivity index (χ4n) is 4.11. The third-order valence-corrected chi connectivity index (χ3v) is 5.63. The number of benzene rings is 1. The lowest BCUT2D eigenvalue weighted by molar-refractivity contribution is -0.1000. The number of piperidine rings is 1. The Morgan fingerprint density at radius 2 is 2.07 bits per heavy atom. The van der Waals surface area contributed by atoms with E-state index < -0.39 is 0 Å². The Morgan fingerprint density at radius 3 is 2.89 bits per heavy atom. The smallest absolute Gasteiger partial charge is 0.126 e. The summed E-state index contributed by atoms with van der Waals surface area (Å²) in [6.07, 6.45) is 9.25. The minimum Gasteiger partial charge on any atom is -0.496 e. The van der Waals surface area contributed by atoms with Crippen molar-refractivity contribution in [3.8, 4) is 5.75 Å². The molecule has 1 spiro atoms. The third kappa shape index (κ3) is 3.75. The van der Waals surface area contributed by atoms with Crippen molar-refractivity contribution in [2.24, 2.45) is 0 Å². The second-order valence-corrected chi connectivity index (χ2v) is 7.33. The molecule has 0 N–H and O–H groups in total. The molecule has 1 aromatic carbocycles. The molecule has 0 bridgehead atoms. The molecule has 1 aromatic heterocycles. The number of aromatic nitrogens is 2. The summed E-state index contributed by atoms with van der Waals surface area (Å²) in [5.41, 5.74) is 3.29. The zero-order chi connectivity index (χ0) is 18.7. The summed E-state index contributed by atoms with van der Waals surface area (Å²) in [6, 6.07) is 8.10. The first-order valence-electron chi connectivity index (χ1n) is 9.69. The summed E-state index contributed by atoms with van der Waals surface area (Å²) >= 11 is 0. The van der Waals surface area contributed by atoms with Gasteiger partial charge in [-0.2, -0.15) is 0 Å². The summed E-state index contributed by atoms with van der Waals surface area (Å²) in [5, 5.41) is 0. The lowest BCUT2D eigenvalue weighted by Gasteiger charge is -2.43. The highest BCUT2D eigenvalue weighted by Crippen LogP contribution is 2.40. The molecule has 2 aliphatic rings. The molecule has 2 aliphatic heterocycles. The van der Waals surface area contributed by atoms with Crippen molar-refractivity contribution < 1.29 is 9.47 Å². The predicted molar refractivity (Wildman–Crippen MR) is 106 cm³/mol. The highest BCUT2D eigenvalue weighted by atomic mass is 16.5. The van der Waals surface area contributed by atoms with Gasteiger partial charge in [0.1, 0.15) is 17.2 Å². The first kappa shape index (κ1) is 18.1. The maximum atomic E-state index is 6.29. The molecule has 0 atom stereocenters. The average molecular weight is 365 g/mol. The fourth-order valence-corrected chi connectivity index (χ4v) is 4.11. The van der Waals surface area contributed by atoms with Crippen LogP contribution in [0.15, 0.2) is 36.5 Å². The standard InChI is InChI=1S/C22H27N3O2/c1-17-23-16-19-9-15-27-22(21(19)24-17)10-13-25(14-11-22)12-5-7-18-6-3-4-8-20(18)26-2/h3-8,16H,9-15H2,1-2H3/b7-5+. The molecule has 5 nitrogen and oxygen atoms in total. The van der Waals surface area contributed by atoms with Gasteiger partial charge in [0.05, 0.1) is 19.4 Å². The van der Waals surface area contributed by atoms with Gasteiger partial charge < -0.3 is 9.47 Å². The molecule has 1 saturated heterocycles. The van der Waals surface area contributed by atoms with Crippen molar-refractivity contribution in [1.29, 1.82) is 0 Å². The molecule has 2 aromatic rings. The summed E-state index contributed by atoms with van der Waals surface area (Å²) in [5.74, 6) is 1.74. The van der Waals surface area contributed by atoms with Crippen molar-refractivity contribution >= 4 is 6.08 Å². The van der Waals surface area contributed by atoms with Crippen LogP contribution in [0.25, 0.3) is 6.08 Å². The summed E-state index contributed by atoms with van der Waals surface area (Å²) < 4.78 is 11.7. The molecule has 0 aliphatic carbocycles. The Balaban J connectivity index is 1.40. The van der Waals surface area contributed by atoms with Crippen LogP contribution < -0.4 is 4.74 Å². The van der Waals surface area contributed by atoms with Gasteiger partial charge in [0.25, 0.3) is 0 Å². The molecular formula is C22H27N3O2. The van der Waals surface area contributed by atoms with Crippen LogP contribution in [0.3, 0.4) is 0 Å². The van der Waals surface area contributed by atoms with Crippen LogP contribution in [0.5, 0.6) is 5.75 Å². The van der Waals surface area contributed by atoms with Gasteiger partial charge in [-0.3, -0.25) is 4.90 Å². The van der Waals surface area contributed by atoms with Gasteiger partial charge in [0.15, 0.2) is 0 Å². The van der Waals surface area contributed by atoms with Crippen LogP contribution in [-0.2, 0) is 16.8 Å². The second-order valence-electron chi connectivity index (χ2n) is 7.33. The average Bonchev–Trinajstić information content (AvgIpc) is 2.71. The van der Waals surface area contributed by atoms with Crippen LogP contribution >= 0.6 is 0 Å². The first-order valence-corrected chi connectivity index (χ1v) is 9.69. The van der Waals surface area contributed by atoms with Crippen LogP contribution in [0, 0.1) is 6.92 Å². The minimum atomic E-state index is -0.218. The maximum Gasteiger partial charge on any atom is 0.126 e. The van der Waals surface area contributed by atoms with Crippen molar-refractivity contribution in [2.75, 3.05) is 33.4 Å². The Labute approximate surface area is 161 Å². The van der Waals surface area contributed by atoms with Crippen LogP contribution in [-0.4, -0.2) is 48.2 Å². The van der Waals surface area contributed by atoms with Crippen LogP contribution in [0.2, 0.25) is 0 Å². The van der Waals surface area contributed by atoms with Crippen molar-refractivity contribution in [3.63, 3.8) is 0 Å². The van der Waals surface area contributed by atoms with Gasteiger partial charge in [0.2, 0.25) is 0 Å². The van der Waals surface area contributed by atoms with Gasteiger partial charge in [-0.1, -0.05) is 30.4 Å². The van der Waals surface area contributed by atoms with Crippen molar-refractivity contribution in [2.45, 2.75) is 31.8 Å². The van der Waals surface area contributed by atoms with E-state index in [2.05, 4.69) is 28.1 Å². The van der Waals surface area contributed by atoms with Gasteiger partial charge in [-0.15, -0.1) is 0 Å². The number of fused-ring (bicyclic) bond motifs is 2. The fraction of sp³-hybridized carbons (Fsp3) is 0.455. The third-order valence-electron chi connectivity index (χ3n) is 5.63. The van der Waals surface area contributed by atoms with E-state index in [1.165, 1.54) is 5.56 Å². The molecule has 0 amide bonds. The molecule has 142 valence electrons. The molecule has 3 heterocycles. The lowest BCUT2D eigenvalue weighted by Crippen LogP contribution is -2.47. The molecule has 1 fully saturated rings. The van der Waals surface area contributed by atoms with Gasteiger partial charge >= 0.3 is 0 Å². The number of rotatable bonds is 4. The van der Waals surface area contributed by atoms with E-state index in [1.54, 1.807) is 7.11 Å². The lowest BCUT2D eigenvalue weighted by atomic mass is 9.83. The number of para-hydroxylation sites is 1. The molecule has 0 saturated carbocycles. The highest BCUT2D eigenvalue weighted by Gasteiger charge is 2.42. The number of hydrogen-bond donors (Lipinski definition) is 0. The van der Waals surface area contributed by atoms with E-state index in [0.29, 0.717) is 0 Å². The Hall–Kier alpha value is -2.24. The van der Waals surface area contributed by atoms with E-state index in [0.717, 1.165) is 68.3 Å². The minimum absolute atomic E-state index is 0.218. The second kappa shape index (κ2) is 7.79. The molecular weight excluding hydrogens is 338 g/mol. The van der Waals surface area contributed by atoms with Crippen molar-refractivity contribution in [3.05, 3.63) is 59.2 Å². The number of likely N-dealkylation sites (tertiary alicyclic amines) is 1. The topological polar surface area (TPSA) is 47.5 Å². The Morgan fingerprint density at radius 1 is 1.26 bits per heavy atom. The number of ether oxygens (including phenoxy) is 2. The SMILES string of the molecule is COc1ccccc1/C=C/CN1CCC2(CC1)OCCc1cnc(C)nc12. The normalized spacial score (nSPS) is 19.3. The maximum absolute atomic E-state index is 6.29. The van der Waals surface area contributed by atoms with Gasteiger partial charge in [-0.25, -0.2) is 9.97 Å². The predicted octanol–water partition coefficient (Wildman–Crippen LogP) is 3.37. The zero-order valence-electron chi connectivity index (χ0n) is 16.1. The van der Waals surface area contributed by atoms with Crippen LogP contribution in [0.1, 0.15) is 35.5 Å². The number of aryl methyl sites for hydroxylation is 1. The largest absolute Gasteiger partial charge is 0.496 e. The molecule has 5 heteroatoms. The number of methoxy groups -OCH3 is 1. The Bertz CT molecular complexity index is 826. The summed E-state index contributed by atoms with van der Waals surface area (Å²) in [7, 11) is 1.71. The van der Waals surface area contributed by atoms with Gasteiger partial charge in [-0.05, 0) is 37.8 Å². The highest BCUT2D eigenvalue weighted by molar-refractivity contribution is 5.57. The number of nitrogens with zero attached hydrogens (tertiary/aromatic N) is 3. The molecule has 0 unspecified atom stereocenters. The summed E-state index contributed by atoms with van der Waals surface area (Å²) in [4.78, 5) is 11.6. The van der Waals surface area contributed by atoms with Crippen molar-refractivity contribution in [1.82, 2.24) is 14.9 Å². The van der Waals surface area contributed by atoms with E-state index >= 15 is 0 Å². The van der Waals surface area contributed by atoms with Gasteiger partial charge in [0, 0.05) is 31.4 Å². The van der Waals surface area contributed by atoms with E-state index in [4.69, 9.17) is 14.5 Å².